The third-order valence-electron chi connectivity index (χ3n) is 1.91. The van der Waals surface area contributed by atoms with Gasteiger partial charge in [0.1, 0.15) is 6.54 Å². The number of benzene rings is 1. The molecule has 19 heavy (non-hydrogen) atoms. The van der Waals surface area contributed by atoms with Gasteiger partial charge in [0.25, 0.3) is 15.0 Å². The molecule has 0 unspecified atom stereocenters. The molecular formula is C9H6BrClF3NO3S. The van der Waals surface area contributed by atoms with Crippen molar-refractivity contribution in [2.45, 2.75) is 11.1 Å². The predicted octanol–water partition coefficient (Wildman–Crippen LogP) is 2.67. The summed E-state index contributed by atoms with van der Waals surface area (Å²) in [4.78, 5) is 11.0. The Morgan fingerprint density at radius 2 is 1.95 bits per heavy atom. The molecule has 1 amide bonds. The van der Waals surface area contributed by atoms with Crippen molar-refractivity contribution in [1.82, 2.24) is 5.32 Å². The fraction of sp³-hybridized carbons (Fsp3) is 0.222. The first-order chi connectivity index (χ1) is 8.50. The second-order valence-corrected chi connectivity index (χ2v) is 6.77. The van der Waals surface area contributed by atoms with Gasteiger partial charge in [0.05, 0.1) is 4.90 Å². The highest BCUT2D eigenvalue weighted by molar-refractivity contribution is 9.10. The summed E-state index contributed by atoms with van der Waals surface area (Å²) < 4.78 is 58.2. The van der Waals surface area contributed by atoms with Gasteiger partial charge in [-0.15, -0.1) is 0 Å². The van der Waals surface area contributed by atoms with Crippen LogP contribution in [-0.2, 0) is 9.05 Å². The molecule has 0 aliphatic heterocycles. The van der Waals surface area contributed by atoms with Crippen molar-refractivity contribution >= 4 is 41.6 Å². The van der Waals surface area contributed by atoms with E-state index in [1.165, 1.54) is 12.1 Å². The Labute approximate surface area is 119 Å². The van der Waals surface area contributed by atoms with Gasteiger partial charge in [0.2, 0.25) is 0 Å². The number of carbonyl (C=O) groups excluding carboxylic acids is 1. The van der Waals surface area contributed by atoms with Gasteiger partial charge < -0.3 is 5.32 Å². The molecular weight excluding hydrogens is 375 g/mol. The van der Waals surface area contributed by atoms with Crippen LogP contribution in [0.5, 0.6) is 0 Å². The van der Waals surface area contributed by atoms with Gasteiger partial charge in [-0.25, -0.2) is 8.42 Å². The standard InChI is InChI=1S/C9H6BrClF3NO3S/c10-6-2-1-5(3-7(6)19(11,17)18)8(16)15-4-9(12,13)14/h1-3H,4H2,(H,15,16). The van der Waals surface area contributed by atoms with Gasteiger partial charge in [-0.2, -0.15) is 13.2 Å². The Hall–Kier alpha value is -0.800. The average molecular weight is 381 g/mol. The first-order valence-corrected chi connectivity index (χ1v) is 7.70. The lowest BCUT2D eigenvalue weighted by Gasteiger charge is -2.09. The maximum atomic E-state index is 11.9. The minimum Gasteiger partial charge on any atom is -0.343 e. The largest absolute Gasteiger partial charge is 0.405 e. The zero-order valence-electron chi connectivity index (χ0n) is 8.96. The first-order valence-electron chi connectivity index (χ1n) is 4.60. The Kier molecular flexibility index (Phi) is 4.86. The molecule has 0 heterocycles. The van der Waals surface area contributed by atoms with Crippen LogP contribution in [0.15, 0.2) is 27.6 Å². The summed E-state index contributed by atoms with van der Waals surface area (Å²) >= 11 is 2.91. The minimum atomic E-state index is -4.55. The molecule has 0 aromatic heterocycles. The van der Waals surface area contributed by atoms with E-state index in [1.807, 2.05) is 0 Å². The Bertz CT molecular complexity index is 603. The molecule has 0 spiro atoms. The van der Waals surface area contributed by atoms with Gasteiger partial charge >= 0.3 is 6.18 Å². The number of halogens is 5. The van der Waals surface area contributed by atoms with Crippen molar-refractivity contribution < 1.29 is 26.4 Å². The lowest BCUT2D eigenvalue weighted by molar-refractivity contribution is -0.123. The number of carbonyl (C=O) groups is 1. The van der Waals surface area contributed by atoms with E-state index in [0.717, 1.165) is 6.07 Å². The molecule has 1 aromatic rings. The van der Waals surface area contributed by atoms with Crippen LogP contribution >= 0.6 is 26.6 Å². The summed E-state index contributed by atoms with van der Waals surface area (Å²) in [5.74, 6) is -1.05. The van der Waals surface area contributed by atoms with E-state index in [1.54, 1.807) is 5.32 Å². The maximum Gasteiger partial charge on any atom is 0.405 e. The van der Waals surface area contributed by atoms with Crippen LogP contribution in [0.25, 0.3) is 0 Å². The lowest BCUT2D eigenvalue weighted by Crippen LogP contribution is -2.33. The van der Waals surface area contributed by atoms with Crippen molar-refractivity contribution in [3.8, 4) is 0 Å². The van der Waals surface area contributed by atoms with Crippen LogP contribution in [-0.4, -0.2) is 27.0 Å². The minimum absolute atomic E-state index is 0.106. The van der Waals surface area contributed by atoms with E-state index < -0.39 is 32.6 Å². The molecule has 0 saturated carbocycles. The molecule has 0 saturated heterocycles. The third-order valence-corrected chi connectivity index (χ3v) is 4.22. The Balaban J connectivity index is 3.00. The zero-order valence-corrected chi connectivity index (χ0v) is 12.1. The molecule has 1 N–H and O–H groups in total. The van der Waals surface area contributed by atoms with Crippen LogP contribution < -0.4 is 5.32 Å². The molecule has 0 atom stereocenters. The fourth-order valence-corrected chi connectivity index (χ4v) is 3.23. The van der Waals surface area contributed by atoms with Crippen molar-refractivity contribution in [2.75, 3.05) is 6.54 Å². The molecule has 1 rings (SSSR count). The smallest absolute Gasteiger partial charge is 0.343 e. The lowest BCUT2D eigenvalue weighted by atomic mass is 10.2. The fourth-order valence-electron chi connectivity index (χ4n) is 1.11. The first kappa shape index (κ1) is 16.3. The summed E-state index contributed by atoms with van der Waals surface area (Å²) in [7, 11) is 1.01. The summed E-state index contributed by atoms with van der Waals surface area (Å²) in [5.41, 5.74) is -0.244. The number of alkyl halides is 3. The summed E-state index contributed by atoms with van der Waals surface area (Å²) in [6, 6.07) is 3.26. The Morgan fingerprint density at radius 1 is 1.37 bits per heavy atom. The van der Waals surface area contributed by atoms with E-state index in [0.29, 0.717) is 0 Å². The Morgan fingerprint density at radius 3 is 2.42 bits per heavy atom. The molecule has 106 valence electrons. The number of hydrogen-bond acceptors (Lipinski definition) is 3. The third kappa shape index (κ3) is 5.00. The molecule has 0 bridgehead atoms. The predicted molar refractivity (Wildman–Crippen MR) is 65.6 cm³/mol. The number of rotatable bonds is 3. The number of hydrogen-bond donors (Lipinski definition) is 1. The molecule has 0 aliphatic rings. The van der Waals surface area contributed by atoms with Gasteiger partial charge in [0, 0.05) is 20.7 Å². The second kappa shape index (κ2) is 5.68. The van der Waals surface area contributed by atoms with Crippen LogP contribution in [0.4, 0.5) is 13.2 Å². The van der Waals surface area contributed by atoms with E-state index >= 15 is 0 Å². The molecule has 1 aromatic carbocycles. The van der Waals surface area contributed by atoms with Crippen LogP contribution in [0.2, 0.25) is 0 Å². The van der Waals surface area contributed by atoms with E-state index in [4.69, 9.17) is 10.7 Å². The van der Waals surface area contributed by atoms with Gasteiger partial charge in [-0.1, -0.05) is 0 Å². The zero-order chi connectivity index (χ0) is 14.8. The maximum absolute atomic E-state index is 11.9. The van der Waals surface area contributed by atoms with Gasteiger partial charge in [-0.05, 0) is 34.1 Å². The summed E-state index contributed by atoms with van der Waals surface area (Å²) in [6.45, 7) is -1.51. The SMILES string of the molecule is O=C(NCC(F)(F)F)c1ccc(Br)c(S(=O)(=O)Cl)c1. The highest BCUT2D eigenvalue weighted by Crippen LogP contribution is 2.26. The highest BCUT2D eigenvalue weighted by atomic mass is 79.9. The van der Waals surface area contributed by atoms with Gasteiger partial charge in [-0.3, -0.25) is 4.79 Å². The van der Waals surface area contributed by atoms with Gasteiger partial charge in [0.15, 0.2) is 0 Å². The van der Waals surface area contributed by atoms with E-state index in [2.05, 4.69) is 15.9 Å². The number of nitrogens with one attached hydrogen (secondary N) is 1. The van der Waals surface area contributed by atoms with E-state index in [-0.39, 0.29) is 10.0 Å². The van der Waals surface area contributed by atoms with Crippen LogP contribution in [0.1, 0.15) is 10.4 Å². The molecule has 0 radical (unpaired) electrons. The second-order valence-electron chi connectivity index (χ2n) is 3.38. The number of amides is 1. The molecule has 4 nitrogen and oxygen atoms in total. The summed E-state index contributed by atoms with van der Waals surface area (Å²) in [5, 5.41) is 1.62. The molecule has 0 fully saturated rings. The van der Waals surface area contributed by atoms with Crippen LogP contribution in [0, 0.1) is 0 Å². The summed E-state index contributed by atoms with van der Waals surface area (Å²) in [6.07, 6.45) is -4.55. The van der Waals surface area contributed by atoms with Crippen molar-refractivity contribution in [3.63, 3.8) is 0 Å². The van der Waals surface area contributed by atoms with Crippen molar-refractivity contribution in [1.29, 1.82) is 0 Å². The normalized spacial score (nSPS) is 12.3. The van der Waals surface area contributed by atoms with Crippen molar-refractivity contribution in [2.24, 2.45) is 0 Å². The van der Waals surface area contributed by atoms with Crippen molar-refractivity contribution in [3.05, 3.63) is 28.2 Å². The molecule has 0 aliphatic carbocycles. The topological polar surface area (TPSA) is 63.2 Å². The highest BCUT2D eigenvalue weighted by Gasteiger charge is 2.28. The average Bonchev–Trinajstić information content (AvgIpc) is 2.24. The molecule has 10 heteroatoms. The van der Waals surface area contributed by atoms with Crippen LogP contribution in [0.3, 0.4) is 0 Å². The quantitative estimate of drug-likeness (QED) is 0.820. The monoisotopic (exact) mass is 379 g/mol. The van der Waals surface area contributed by atoms with E-state index in [9.17, 15) is 26.4 Å².